The van der Waals surface area contributed by atoms with E-state index >= 15 is 0 Å². The molecule has 0 atom stereocenters. The number of carbonyl (C=O) groups excluding carboxylic acids is 1. The Hall–Kier alpha value is -2.53. The van der Waals surface area contributed by atoms with Gasteiger partial charge in [-0.2, -0.15) is 0 Å². The third kappa shape index (κ3) is 5.50. The summed E-state index contributed by atoms with van der Waals surface area (Å²) in [5, 5.41) is 1.04. The highest BCUT2D eigenvalue weighted by atomic mass is 35.5. The van der Waals surface area contributed by atoms with Crippen LogP contribution in [0, 0.1) is 11.6 Å². The third-order valence-corrected chi connectivity index (χ3v) is 3.53. The number of rotatable bonds is 3. The predicted octanol–water partition coefficient (Wildman–Crippen LogP) is 4.99. The van der Waals surface area contributed by atoms with Gasteiger partial charge < -0.3 is 4.74 Å². The number of hydrogen-bond donors (Lipinski definition) is 0. The van der Waals surface area contributed by atoms with Gasteiger partial charge in [0.2, 0.25) is 0 Å². The molecule has 0 aliphatic carbocycles. The number of Topliss-reactive ketones (excluding diaryl/α,β-unsaturated/α-hetero) is 1. The number of nitrogens with zero attached hydrogens (tertiary/aromatic N) is 1. The minimum Gasteiger partial charge on any atom is -0.494 e. The maximum Gasteiger partial charge on any atom is 0.171 e. The number of benzene rings is 2. The van der Waals surface area contributed by atoms with E-state index in [1.165, 1.54) is 38.3 Å². The molecule has 0 N–H and O–H groups in total. The summed E-state index contributed by atoms with van der Waals surface area (Å²) in [6.07, 6.45) is 0.317. The second-order valence-electron chi connectivity index (χ2n) is 5.33. The zero-order valence-corrected chi connectivity index (χ0v) is 14.5. The molecule has 0 radical (unpaired) electrons. The molecule has 3 aromatic rings. The van der Waals surface area contributed by atoms with Crippen molar-refractivity contribution in [1.82, 2.24) is 4.98 Å². The maximum atomic E-state index is 12.8. The summed E-state index contributed by atoms with van der Waals surface area (Å²) in [4.78, 5) is 14.6. The highest BCUT2D eigenvalue weighted by Gasteiger charge is 2.05. The summed E-state index contributed by atoms with van der Waals surface area (Å²) in [6.45, 7) is 1.49. The minimum atomic E-state index is -0.328. The van der Waals surface area contributed by atoms with Crippen LogP contribution in [0.5, 0.6) is 5.75 Å². The van der Waals surface area contributed by atoms with Gasteiger partial charge in [-0.05, 0) is 42.8 Å². The lowest BCUT2D eigenvalue weighted by atomic mass is 10.1. The van der Waals surface area contributed by atoms with E-state index in [4.69, 9.17) is 16.3 Å². The van der Waals surface area contributed by atoms with Crippen LogP contribution >= 0.6 is 11.6 Å². The molecule has 3 nitrogen and oxygen atoms in total. The predicted molar refractivity (Wildman–Crippen MR) is 94.0 cm³/mol. The Kier molecular flexibility index (Phi) is 6.42. The van der Waals surface area contributed by atoms with Crippen LogP contribution in [0.1, 0.15) is 12.5 Å². The minimum absolute atomic E-state index is 0.0515. The van der Waals surface area contributed by atoms with Crippen LogP contribution in [0.3, 0.4) is 0 Å². The number of methoxy groups -OCH3 is 1. The van der Waals surface area contributed by atoms with Crippen molar-refractivity contribution in [2.45, 2.75) is 13.3 Å². The fourth-order valence-electron chi connectivity index (χ4n) is 2.17. The van der Waals surface area contributed by atoms with E-state index in [1.54, 1.807) is 24.3 Å². The van der Waals surface area contributed by atoms with E-state index in [0.29, 0.717) is 17.7 Å². The van der Waals surface area contributed by atoms with E-state index < -0.39 is 0 Å². The Morgan fingerprint density at radius 2 is 1.84 bits per heavy atom. The van der Waals surface area contributed by atoms with Gasteiger partial charge in [-0.3, -0.25) is 4.79 Å². The van der Waals surface area contributed by atoms with Crippen LogP contribution in [0.25, 0.3) is 10.9 Å². The zero-order valence-electron chi connectivity index (χ0n) is 13.7. The summed E-state index contributed by atoms with van der Waals surface area (Å²) < 4.78 is 30.3. The van der Waals surface area contributed by atoms with E-state index in [2.05, 4.69) is 4.98 Å². The van der Waals surface area contributed by atoms with Gasteiger partial charge in [0.15, 0.2) is 10.9 Å². The number of halogens is 3. The van der Waals surface area contributed by atoms with Gasteiger partial charge in [-0.15, -0.1) is 0 Å². The highest BCUT2D eigenvalue weighted by molar-refractivity contribution is 6.31. The Bertz CT molecular complexity index is 900. The van der Waals surface area contributed by atoms with Crippen LogP contribution < -0.4 is 4.74 Å². The van der Waals surface area contributed by atoms with Crippen LogP contribution in [0.15, 0.2) is 48.5 Å². The quantitative estimate of drug-likeness (QED) is 0.615. The number of ketones is 1. The first-order valence-corrected chi connectivity index (χ1v) is 7.80. The van der Waals surface area contributed by atoms with Crippen molar-refractivity contribution >= 4 is 28.3 Å². The molecule has 0 unspecified atom stereocenters. The van der Waals surface area contributed by atoms with Gasteiger partial charge in [0.25, 0.3) is 0 Å². The molecular formula is C19H16ClF2NO2. The Labute approximate surface area is 149 Å². The van der Waals surface area contributed by atoms with Crippen LogP contribution in [0.2, 0.25) is 5.15 Å². The second kappa shape index (κ2) is 8.53. The summed E-state index contributed by atoms with van der Waals surface area (Å²) in [6, 6.07) is 12.2. The summed E-state index contributed by atoms with van der Waals surface area (Å²) >= 11 is 5.80. The normalized spacial score (nSPS) is 10.1. The molecule has 0 aliphatic rings. The van der Waals surface area contributed by atoms with Gasteiger partial charge in [-0.1, -0.05) is 23.7 Å². The molecule has 3 rings (SSSR count). The summed E-state index contributed by atoms with van der Waals surface area (Å²) in [5.41, 5.74) is 1.26. The van der Waals surface area contributed by atoms with Gasteiger partial charge in [0.1, 0.15) is 17.4 Å². The largest absolute Gasteiger partial charge is 0.494 e. The monoisotopic (exact) mass is 363 g/mol. The molecule has 130 valence electrons. The molecule has 6 heteroatoms. The average Bonchev–Trinajstić information content (AvgIpc) is 2.54. The van der Waals surface area contributed by atoms with E-state index in [1.807, 2.05) is 0 Å². The first-order valence-electron chi connectivity index (χ1n) is 7.42. The standard InChI is InChI=1S/C10H7ClFNO.C9H9FO/c1-14-9-4-6-2-3-7(12)5-8(6)13-10(9)11;1-7(11)5-8-3-2-4-9(10)6-8/h2-5H,1H3;2-4,6H,5H2,1H3. The SMILES string of the molecule is CC(=O)Cc1cccc(F)c1.COc1cc2ccc(F)cc2nc1Cl. The van der Waals surface area contributed by atoms with E-state index in [0.717, 1.165) is 10.9 Å². The average molecular weight is 364 g/mol. The summed E-state index contributed by atoms with van der Waals surface area (Å²) in [5.74, 6) is -0.0728. The maximum absolute atomic E-state index is 12.8. The van der Waals surface area contributed by atoms with Gasteiger partial charge in [-0.25, -0.2) is 13.8 Å². The Morgan fingerprint density at radius 3 is 2.48 bits per heavy atom. The number of fused-ring (bicyclic) bond motifs is 1. The molecule has 0 bridgehead atoms. The van der Waals surface area contributed by atoms with Crippen molar-refractivity contribution in [3.8, 4) is 5.75 Å². The lowest BCUT2D eigenvalue weighted by molar-refractivity contribution is -0.116. The molecule has 0 amide bonds. The molecule has 1 aromatic heterocycles. The van der Waals surface area contributed by atoms with Gasteiger partial charge >= 0.3 is 0 Å². The molecule has 0 aliphatic heterocycles. The van der Waals surface area contributed by atoms with Gasteiger partial charge in [0, 0.05) is 17.9 Å². The zero-order chi connectivity index (χ0) is 18.4. The van der Waals surface area contributed by atoms with E-state index in [9.17, 15) is 13.6 Å². The lowest BCUT2D eigenvalue weighted by Crippen LogP contribution is -1.95. The number of pyridine rings is 1. The molecular weight excluding hydrogens is 348 g/mol. The number of hydrogen-bond acceptors (Lipinski definition) is 3. The molecule has 0 saturated heterocycles. The van der Waals surface area contributed by atoms with E-state index in [-0.39, 0.29) is 22.6 Å². The fraction of sp³-hybridized carbons (Fsp3) is 0.158. The molecule has 25 heavy (non-hydrogen) atoms. The van der Waals surface area contributed by atoms with Crippen molar-refractivity contribution in [3.05, 3.63) is 70.9 Å². The number of ether oxygens (including phenoxy) is 1. The second-order valence-corrected chi connectivity index (χ2v) is 5.69. The number of aromatic nitrogens is 1. The van der Waals surface area contributed by atoms with Crippen LogP contribution in [-0.4, -0.2) is 17.9 Å². The molecule has 0 saturated carbocycles. The molecule has 1 heterocycles. The first kappa shape index (κ1) is 18.8. The lowest BCUT2D eigenvalue weighted by Gasteiger charge is -2.04. The topological polar surface area (TPSA) is 39.2 Å². The molecule has 0 fully saturated rings. The summed E-state index contributed by atoms with van der Waals surface area (Å²) in [7, 11) is 1.51. The fourth-order valence-corrected chi connectivity index (χ4v) is 2.40. The Morgan fingerprint density at radius 1 is 1.12 bits per heavy atom. The van der Waals surface area contributed by atoms with Crippen molar-refractivity contribution in [3.63, 3.8) is 0 Å². The molecule has 2 aromatic carbocycles. The smallest absolute Gasteiger partial charge is 0.171 e. The highest BCUT2D eigenvalue weighted by Crippen LogP contribution is 2.26. The number of carbonyl (C=O) groups is 1. The van der Waals surface area contributed by atoms with Crippen molar-refractivity contribution in [2.75, 3.05) is 7.11 Å². The Balaban J connectivity index is 0.000000186. The molecule has 0 spiro atoms. The van der Waals surface area contributed by atoms with Crippen molar-refractivity contribution < 1.29 is 18.3 Å². The third-order valence-electron chi connectivity index (χ3n) is 3.26. The van der Waals surface area contributed by atoms with Crippen LogP contribution in [0.4, 0.5) is 8.78 Å². The van der Waals surface area contributed by atoms with Crippen LogP contribution in [-0.2, 0) is 11.2 Å². The van der Waals surface area contributed by atoms with Crippen molar-refractivity contribution in [1.29, 1.82) is 0 Å². The van der Waals surface area contributed by atoms with Gasteiger partial charge in [0.05, 0.1) is 12.6 Å². The van der Waals surface area contributed by atoms with Crippen molar-refractivity contribution in [2.24, 2.45) is 0 Å². The first-order chi connectivity index (χ1) is 11.9.